The third-order valence-corrected chi connectivity index (χ3v) is 17.0. The maximum absolute atomic E-state index is 2.63. The summed E-state index contributed by atoms with van der Waals surface area (Å²) in [5.41, 5.74) is 23.3. The van der Waals surface area contributed by atoms with Crippen molar-refractivity contribution in [2.45, 2.75) is 45.4 Å². The molecule has 3 aliphatic rings. The van der Waals surface area contributed by atoms with Gasteiger partial charge in [0.15, 0.2) is 0 Å². The lowest BCUT2D eigenvalue weighted by molar-refractivity contribution is 0.590. The molecule has 0 radical (unpaired) electrons. The maximum Gasteiger partial charge on any atom is 0.252 e. The van der Waals surface area contributed by atoms with Crippen LogP contribution in [-0.4, -0.2) is 6.71 Å². The van der Waals surface area contributed by atoms with Gasteiger partial charge in [-0.2, -0.15) is 0 Å². The Labute approximate surface area is 427 Å². The molecule has 0 unspecified atom stereocenters. The zero-order valence-electron chi connectivity index (χ0n) is 41.2. The second-order valence-corrected chi connectivity index (χ2v) is 22.3. The SMILES string of the molecule is CC(C)(C)c1ccc(N(c2ccccc2)c2ccc3c(c2)N(c2cccc4c2-c2ccccc2C4(C)C)c2cccc4c2B3c2ccccc2N4c2cccc3c2sc2ccccc23)c(-c2ccccc2)c1. The fraction of sp³-hybridized carbons (Fsp3) is 0.104. The molecule has 344 valence electrons. The van der Waals surface area contributed by atoms with Crippen LogP contribution in [0.3, 0.4) is 0 Å². The van der Waals surface area contributed by atoms with Crippen molar-refractivity contribution in [2.24, 2.45) is 0 Å². The number of hydrogen-bond acceptors (Lipinski definition) is 4. The minimum Gasteiger partial charge on any atom is -0.311 e. The van der Waals surface area contributed by atoms with Crippen LogP contribution in [0.5, 0.6) is 0 Å². The number of nitrogens with zero attached hydrogens (tertiary/aromatic N) is 3. The monoisotopic (exact) mass is 941 g/mol. The lowest BCUT2D eigenvalue weighted by Crippen LogP contribution is -2.61. The molecule has 11 aromatic rings. The lowest BCUT2D eigenvalue weighted by atomic mass is 9.33. The molecule has 0 saturated heterocycles. The van der Waals surface area contributed by atoms with Gasteiger partial charge >= 0.3 is 0 Å². The molecule has 3 heterocycles. The summed E-state index contributed by atoms with van der Waals surface area (Å²) in [6.07, 6.45) is 0. The Balaban J connectivity index is 1.06. The minimum atomic E-state index is -0.170. The maximum atomic E-state index is 2.63. The number of rotatable bonds is 6. The van der Waals surface area contributed by atoms with Crippen LogP contribution in [0.1, 0.15) is 51.3 Å². The van der Waals surface area contributed by atoms with Crippen LogP contribution in [0.15, 0.2) is 224 Å². The Hall–Kier alpha value is -8.12. The predicted molar refractivity (Wildman–Crippen MR) is 310 cm³/mol. The standard InChI is InChI=1S/C67H52BN3S/c1-66(2,3)44-37-40-55(50(41-44)43-21-8-6-9-22-43)69(45-23-10-7-11-24-45)46-38-39-54-61(42-46)71(57-32-19-29-52-63(57)49-26-12-14-28-51(49)67(52,4)5)59-34-20-33-58-64(59)68(54)53-30-15-16-31-56(53)70(58)60-35-18-27-48-47-25-13-17-36-62(47)72-65(48)60/h6-42H,1-5H3. The smallest absolute Gasteiger partial charge is 0.252 e. The molecule has 14 rings (SSSR count). The first-order chi connectivity index (χ1) is 35.1. The summed E-state index contributed by atoms with van der Waals surface area (Å²) < 4.78 is 2.61. The van der Waals surface area contributed by atoms with E-state index in [0.29, 0.717) is 0 Å². The highest BCUT2D eigenvalue weighted by atomic mass is 32.1. The van der Waals surface area contributed by atoms with E-state index in [4.69, 9.17) is 0 Å². The topological polar surface area (TPSA) is 9.72 Å². The van der Waals surface area contributed by atoms with Gasteiger partial charge in [-0.05, 0) is 122 Å². The van der Waals surface area contributed by atoms with Gasteiger partial charge in [-0.15, -0.1) is 11.3 Å². The van der Waals surface area contributed by atoms with Crippen molar-refractivity contribution in [3.05, 3.63) is 241 Å². The van der Waals surface area contributed by atoms with E-state index in [1.54, 1.807) is 0 Å². The van der Waals surface area contributed by atoms with Gasteiger partial charge in [0, 0.05) is 66.1 Å². The van der Waals surface area contributed by atoms with E-state index < -0.39 is 0 Å². The largest absolute Gasteiger partial charge is 0.311 e. The second-order valence-electron chi connectivity index (χ2n) is 21.3. The Morgan fingerprint density at radius 2 is 1.07 bits per heavy atom. The van der Waals surface area contributed by atoms with E-state index in [9.17, 15) is 0 Å². The normalized spacial score (nSPS) is 13.9. The minimum absolute atomic E-state index is 0.0258. The zero-order chi connectivity index (χ0) is 48.5. The highest BCUT2D eigenvalue weighted by molar-refractivity contribution is 7.26. The second kappa shape index (κ2) is 15.9. The molecule has 5 heteroatoms. The molecular weight excluding hydrogens is 890 g/mol. The fourth-order valence-electron chi connectivity index (χ4n) is 12.4. The Morgan fingerprint density at radius 1 is 0.458 bits per heavy atom. The van der Waals surface area contributed by atoms with Crippen molar-refractivity contribution in [3.63, 3.8) is 0 Å². The predicted octanol–water partition coefficient (Wildman–Crippen LogP) is 16.9. The molecule has 3 nitrogen and oxygen atoms in total. The third kappa shape index (κ3) is 6.30. The van der Waals surface area contributed by atoms with E-state index in [1.807, 2.05) is 11.3 Å². The van der Waals surface area contributed by atoms with Crippen LogP contribution in [-0.2, 0) is 10.8 Å². The van der Waals surface area contributed by atoms with Gasteiger partial charge in [-0.3, -0.25) is 0 Å². The highest BCUT2D eigenvalue weighted by Gasteiger charge is 2.45. The third-order valence-electron chi connectivity index (χ3n) is 15.8. The van der Waals surface area contributed by atoms with Gasteiger partial charge in [0.25, 0.3) is 6.71 Å². The van der Waals surface area contributed by atoms with Crippen LogP contribution in [0, 0.1) is 0 Å². The van der Waals surface area contributed by atoms with Crippen LogP contribution < -0.4 is 31.1 Å². The van der Waals surface area contributed by atoms with E-state index in [1.165, 1.54) is 110 Å². The lowest BCUT2D eigenvalue weighted by Gasteiger charge is -2.44. The number of benzene rings is 10. The number of para-hydroxylation sites is 2. The van der Waals surface area contributed by atoms with Gasteiger partial charge in [0.2, 0.25) is 0 Å². The van der Waals surface area contributed by atoms with Crippen LogP contribution in [0.25, 0.3) is 42.4 Å². The van der Waals surface area contributed by atoms with Crippen molar-refractivity contribution >= 4 is 106 Å². The first kappa shape index (κ1) is 42.7. The molecule has 0 N–H and O–H groups in total. The molecule has 10 aromatic carbocycles. The first-order valence-electron chi connectivity index (χ1n) is 25.3. The van der Waals surface area contributed by atoms with E-state index in [2.05, 4.69) is 274 Å². The Bertz CT molecular complexity index is 3980. The van der Waals surface area contributed by atoms with E-state index in [0.717, 1.165) is 17.1 Å². The fourth-order valence-corrected chi connectivity index (χ4v) is 13.6. The van der Waals surface area contributed by atoms with Gasteiger partial charge in [0.1, 0.15) is 0 Å². The quantitative estimate of drug-likeness (QED) is 0.154. The number of fused-ring (bicyclic) bond motifs is 10. The molecule has 0 spiro atoms. The molecule has 0 bridgehead atoms. The van der Waals surface area contributed by atoms with Crippen molar-refractivity contribution in [3.8, 4) is 22.3 Å². The van der Waals surface area contributed by atoms with Crippen LogP contribution in [0.4, 0.5) is 51.2 Å². The van der Waals surface area contributed by atoms with Crippen molar-refractivity contribution in [1.82, 2.24) is 0 Å². The molecule has 0 saturated carbocycles. The zero-order valence-corrected chi connectivity index (χ0v) is 42.0. The molecule has 0 amide bonds. The molecule has 0 fully saturated rings. The molecule has 1 aromatic heterocycles. The molecule has 2 aliphatic heterocycles. The molecular formula is C67H52BN3S. The van der Waals surface area contributed by atoms with E-state index >= 15 is 0 Å². The van der Waals surface area contributed by atoms with Gasteiger partial charge < -0.3 is 14.7 Å². The Kier molecular flexibility index (Phi) is 9.47. The summed E-state index contributed by atoms with van der Waals surface area (Å²) >= 11 is 1.89. The number of thiophene rings is 1. The van der Waals surface area contributed by atoms with Crippen LogP contribution >= 0.6 is 11.3 Å². The van der Waals surface area contributed by atoms with Crippen molar-refractivity contribution < 1.29 is 0 Å². The summed E-state index contributed by atoms with van der Waals surface area (Å²) in [6, 6.07) is 84.3. The Morgan fingerprint density at radius 3 is 1.89 bits per heavy atom. The van der Waals surface area contributed by atoms with Gasteiger partial charge in [-0.25, -0.2) is 0 Å². The highest BCUT2D eigenvalue weighted by Crippen LogP contribution is 2.56. The van der Waals surface area contributed by atoms with Gasteiger partial charge in [-0.1, -0.05) is 186 Å². The summed E-state index contributed by atoms with van der Waals surface area (Å²) in [4.78, 5) is 7.67. The average Bonchev–Trinajstić information content (AvgIpc) is 3.91. The summed E-state index contributed by atoms with van der Waals surface area (Å²) in [5, 5.41) is 2.60. The van der Waals surface area contributed by atoms with E-state index in [-0.39, 0.29) is 17.5 Å². The van der Waals surface area contributed by atoms with Crippen LogP contribution in [0.2, 0.25) is 0 Å². The summed E-state index contributed by atoms with van der Waals surface area (Å²) in [6.45, 7) is 11.7. The molecule has 0 atom stereocenters. The molecule has 1 aliphatic carbocycles. The van der Waals surface area contributed by atoms with Crippen molar-refractivity contribution in [2.75, 3.05) is 14.7 Å². The summed E-state index contributed by atoms with van der Waals surface area (Å²) in [7, 11) is 0. The van der Waals surface area contributed by atoms with Crippen molar-refractivity contribution in [1.29, 1.82) is 0 Å². The average molecular weight is 942 g/mol. The first-order valence-corrected chi connectivity index (χ1v) is 26.1. The number of hydrogen-bond donors (Lipinski definition) is 0. The number of anilines is 9. The van der Waals surface area contributed by atoms with Gasteiger partial charge in [0.05, 0.1) is 21.8 Å². The molecule has 72 heavy (non-hydrogen) atoms. The summed E-state index contributed by atoms with van der Waals surface area (Å²) in [5.74, 6) is 0.